The molecule has 1 heterocycles. The number of hydrogen-bond donors (Lipinski definition) is 1. The topological polar surface area (TPSA) is 66.5 Å². The van der Waals surface area contributed by atoms with Gasteiger partial charge >= 0.3 is 0 Å². The second kappa shape index (κ2) is 8.74. The van der Waals surface area contributed by atoms with Crippen LogP contribution in [0.4, 0.5) is 11.4 Å². The zero-order valence-corrected chi connectivity index (χ0v) is 17.7. The summed E-state index contributed by atoms with van der Waals surface area (Å²) in [5.41, 5.74) is 2.46. The molecule has 0 fully saturated rings. The molecule has 3 aromatic rings. The van der Waals surface area contributed by atoms with Crippen LogP contribution in [0, 0.1) is 0 Å². The first-order valence-electron chi connectivity index (χ1n) is 10.1. The lowest BCUT2D eigenvalue weighted by atomic mass is 9.93. The van der Waals surface area contributed by atoms with E-state index in [1.165, 1.54) is 0 Å². The quantitative estimate of drug-likeness (QED) is 0.511. The number of anilines is 2. The second-order valence-electron chi connectivity index (χ2n) is 7.40. The molecule has 1 N–H and O–H groups in total. The predicted molar refractivity (Wildman–Crippen MR) is 122 cm³/mol. The first kappa shape index (κ1) is 20.8. The average Bonchev–Trinajstić information content (AvgIpc) is 3.03. The van der Waals surface area contributed by atoms with Crippen molar-refractivity contribution in [1.29, 1.82) is 0 Å². The molecule has 3 aromatic carbocycles. The Morgan fingerprint density at radius 2 is 1.55 bits per heavy atom. The number of benzene rings is 3. The van der Waals surface area contributed by atoms with Crippen molar-refractivity contribution in [3.8, 4) is 0 Å². The fourth-order valence-electron chi connectivity index (χ4n) is 3.83. The molecule has 156 valence electrons. The van der Waals surface area contributed by atoms with Gasteiger partial charge in [-0.15, -0.1) is 0 Å². The lowest BCUT2D eigenvalue weighted by molar-refractivity contribution is -0.117. The summed E-state index contributed by atoms with van der Waals surface area (Å²) in [7, 11) is 0. The maximum absolute atomic E-state index is 12.9. The Kier molecular flexibility index (Phi) is 5.87. The molecule has 0 saturated heterocycles. The molecule has 31 heavy (non-hydrogen) atoms. The Labute approximate surface area is 185 Å². The Morgan fingerprint density at radius 3 is 2.13 bits per heavy atom. The van der Waals surface area contributed by atoms with Gasteiger partial charge < -0.3 is 5.32 Å². The Bertz CT molecular complexity index is 1130. The molecule has 0 bridgehead atoms. The SMILES string of the molecule is CCCC(C(=O)Nc1ccc(N2C(=O)c3ccccc3C2=O)c(Cl)c1)c1ccccc1. The van der Waals surface area contributed by atoms with E-state index in [4.69, 9.17) is 11.6 Å². The van der Waals surface area contributed by atoms with Gasteiger partial charge in [-0.1, -0.05) is 67.4 Å². The van der Waals surface area contributed by atoms with Gasteiger partial charge in [0.2, 0.25) is 5.91 Å². The summed E-state index contributed by atoms with van der Waals surface area (Å²) in [6, 6.07) is 21.1. The highest BCUT2D eigenvalue weighted by atomic mass is 35.5. The van der Waals surface area contributed by atoms with Crippen LogP contribution in [0.25, 0.3) is 0 Å². The van der Waals surface area contributed by atoms with Gasteiger partial charge in [0, 0.05) is 5.69 Å². The van der Waals surface area contributed by atoms with E-state index in [0.717, 1.165) is 23.3 Å². The van der Waals surface area contributed by atoms with E-state index in [9.17, 15) is 14.4 Å². The summed E-state index contributed by atoms with van der Waals surface area (Å²) in [6.07, 6.45) is 1.59. The van der Waals surface area contributed by atoms with Crippen LogP contribution in [-0.4, -0.2) is 17.7 Å². The zero-order valence-electron chi connectivity index (χ0n) is 17.0. The third-order valence-corrected chi connectivity index (χ3v) is 5.65. The molecule has 1 aliphatic heterocycles. The molecule has 6 heteroatoms. The number of carbonyl (C=O) groups is 3. The number of fused-ring (bicyclic) bond motifs is 1. The maximum atomic E-state index is 12.9. The number of amides is 3. The number of imide groups is 1. The Balaban J connectivity index is 1.56. The van der Waals surface area contributed by atoms with Crippen molar-refractivity contribution in [2.75, 3.05) is 10.2 Å². The van der Waals surface area contributed by atoms with Crippen LogP contribution in [0.15, 0.2) is 72.8 Å². The lowest BCUT2D eigenvalue weighted by Gasteiger charge is -2.19. The molecular weight excluding hydrogens is 412 g/mol. The van der Waals surface area contributed by atoms with Gasteiger partial charge in [-0.2, -0.15) is 0 Å². The summed E-state index contributed by atoms with van der Waals surface area (Å²) in [5, 5.41) is 3.12. The standard InChI is InChI=1S/C25H21ClN2O3/c1-2-8-18(16-9-4-3-5-10-16)23(29)27-17-13-14-22(21(26)15-17)28-24(30)19-11-6-7-12-20(19)25(28)31/h3-7,9-15,18H,2,8H2,1H3,(H,27,29). The minimum Gasteiger partial charge on any atom is -0.326 e. The molecule has 0 aromatic heterocycles. The predicted octanol–water partition coefficient (Wildman–Crippen LogP) is 5.66. The Morgan fingerprint density at radius 1 is 0.935 bits per heavy atom. The van der Waals surface area contributed by atoms with Gasteiger partial charge in [0.25, 0.3) is 11.8 Å². The summed E-state index contributed by atoms with van der Waals surface area (Å²) in [4.78, 5) is 39.4. The largest absolute Gasteiger partial charge is 0.326 e. The van der Waals surface area contributed by atoms with Crippen molar-refractivity contribution in [2.45, 2.75) is 25.7 Å². The van der Waals surface area contributed by atoms with Gasteiger partial charge in [-0.05, 0) is 42.3 Å². The number of nitrogens with zero attached hydrogens (tertiary/aromatic N) is 1. The first-order chi connectivity index (χ1) is 15.0. The highest BCUT2D eigenvalue weighted by molar-refractivity contribution is 6.40. The monoisotopic (exact) mass is 432 g/mol. The van der Waals surface area contributed by atoms with E-state index >= 15 is 0 Å². The van der Waals surface area contributed by atoms with E-state index in [-0.39, 0.29) is 16.8 Å². The number of hydrogen-bond acceptors (Lipinski definition) is 3. The molecule has 5 nitrogen and oxygen atoms in total. The van der Waals surface area contributed by atoms with Crippen molar-refractivity contribution < 1.29 is 14.4 Å². The normalized spacial score (nSPS) is 13.8. The minimum atomic E-state index is -0.411. The van der Waals surface area contributed by atoms with Crippen molar-refractivity contribution in [1.82, 2.24) is 0 Å². The van der Waals surface area contributed by atoms with E-state index in [0.29, 0.717) is 22.5 Å². The molecular formula is C25H21ClN2O3. The fraction of sp³-hybridized carbons (Fsp3) is 0.160. The number of nitrogens with one attached hydrogen (secondary N) is 1. The van der Waals surface area contributed by atoms with Crippen molar-refractivity contribution >= 4 is 40.7 Å². The minimum absolute atomic E-state index is 0.127. The van der Waals surface area contributed by atoms with Gasteiger partial charge in [0.05, 0.1) is 27.8 Å². The number of halogens is 1. The van der Waals surface area contributed by atoms with E-state index < -0.39 is 11.8 Å². The van der Waals surface area contributed by atoms with Crippen LogP contribution < -0.4 is 10.2 Å². The molecule has 1 atom stereocenters. The summed E-state index contributed by atoms with van der Waals surface area (Å²) in [6.45, 7) is 2.04. The molecule has 4 rings (SSSR count). The molecule has 0 radical (unpaired) electrons. The first-order valence-corrected chi connectivity index (χ1v) is 10.5. The van der Waals surface area contributed by atoms with Gasteiger partial charge in [-0.3, -0.25) is 14.4 Å². The third kappa shape index (κ3) is 3.97. The number of rotatable bonds is 6. The van der Waals surface area contributed by atoms with Crippen molar-refractivity contribution in [2.24, 2.45) is 0 Å². The van der Waals surface area contributed by atoms with Crippen LogP contribution >= 0.6 is 11.6 Å². The molecule has 1 unspecified atom stereocenters. The lowest BCUT2D eigenvalue weighted by Crippen LogP contribution is -2.29. The molecule has 3 amide bonds. The average molecular weight is 433 g/mol. The summed E-state index contributed by atoms with van der Waals surface area (Å²) >= 11 is 6.43. The van der Waals surface area contributed by atoms with Crippen LogP contribution in [0.3, 0.4) is 0 Å². The smallest absolute Gasteiger partial charge is 0.266 e. The molecule has 0 saturated carbocycles. The second-order valence-corrected chi connectivity index (χ2v) is 7.81. The Hall–Kier alpha value is -3.44. The maximum Gasteiger partial charge on any atom is 0.266 e. The van der Waals surface area contributed by atoms with E-state index in [1.54, 1.807) is 42.5 Å². The van der Waals surface area contributed by atoms with Crippen LogP contribution in [0.2, 0.25) is 5.02 Å². The van der Waals surface area contributed by atoms with Crippen LogP contribution in [-0.2, 0) is 4.79 Å². The molecule has 0 spiro atoms. The van der Waals surface area contributed by atoms with E-state index in [1.807, 2.05) is 37.3 Å². The van der Waals surface area contributed by atoms with Gasteiger partial charge in [0.1, 0.15) is 0 Å². The van der Waals surface area contributed by atoms with Crippen LogP contribution in [0.5, 0.6) is 0 Å². The van der Waals surface area contributed by atoms with Crippen molar-refractivity contribution in [3.05, 3.63) is 94.5 Å². The zero-order chi connectivity index (χ0) is 22.0. The summed E-state index contributed by atoms with van der Waals surface area (Å²) in [5.74, 6) is -1.23. The molecule has 0 aliphatic carbocycles. The highest BCUT2D eigenvalue weighted by Gasteiger charge is 2.37. The molecule has 1 aliphatic rings. The van der Waals surface area contributed by atoms with Crippen molar-refractivity contribution in [3.63, 3.8) is 0 Å². The van der Waals surface area contributed by atoms with Gasteiger partial charge in [-0.25, -0.2) is 4.90 Å². The van der Waals surface area contributed by atoms with E-state index in [2.05, 4.69) is 5.32 Å². The van der Waals surface area contributed by atoms with Crippen LogP contribution in [0.1, 0.15) is 52.0 Å². The number of carbonyl (C=O) groups excluding carboxylic acids is 3. The fourth-order valence-corrected chi connectivity index (χ4v) is 4.09. The highest BCUT2D eigenvalue weighted by Crippen LogP contribution is 2.35. The summed E-state index contributed by atoms with van der Waals surface area (Å²) < 4.78 is 0. The third-order valence-electron chi connectivity index (χ3n) is 5.35. The van der Waals surface area contributed by atoms with Gasteiger partial charge in [0.15, 0.2) is 0 Å².